The minimum atomic E-state index is -0.0691. The highest BCUT2D eigenvalue weighted by molar-refractivity contribution is 7.15. The highest BCUT2D eigenvalue weighted by Crippen LogP contribution is 2.29. The van der Waals surface area contributed by atoms with E-state index in [2.05, 4.69) is 10.3 Å². The lowest BCUT2D eigenvalue weighted by molar-refractivity contribution is -0.114. The molecule has 0 spiro atoms. The number of carbonyl (C=O) groups excluding carboxylic acids is 1. The van der Waals surface area contributed by atoms with Gasteiger partial charge in [-0.25, -0.2) is 4.98 Å². The minimum absolute atomic E-state index is 0. The number of nitrogens with two attached hydrogens (primary N) is 1. The molecule has 0 saturated carbocycles. The molecule has 1 aliphatic carbocycles. The second kappa shape index (κ2) is 6.39. The average molecular weight is 284 g/mol. The highest BCUT2D eigenvalue weighted by atomic mass is 35.5. The predicted molar refractivity (Wildman–Crippen MR) is 70.9 cm³/mol. The summed E-state index contributed by atoms with van der Waals surface area (Å²) in [7, 11) is 0. The van der Waals surface area contributed by atoms with Crippen molar-refractivity contribution in [3.05, 3.63) is 10.6 Å². The Morgan fingerprint density at radius 1 is 1.56 bits per heavy atom. The second-order valence-corrected chi connectivity index (χ2v) is 4.66. The molecule has 0 unspecified atom stereocenters. The van der Waals surface area contributed by atoms with E-state index in [1.54, 1.807) is 11.3 Å². The summed E-state index contributed by atoms with van der Waals surface area (Å²) in [6.45, 7) is 1.49. The molecular weight excluding hydrogens is 269 g/mol. The standard InChI is InChI=1S/C9H13N3OS.2ClH/c1-5(13)11-9-12-7-3-2-6(10)4-8(7)14-9;;/h6H,2-4,10H2,1H3,(H,11,12,13);2*1H/t6-;;/m0../s1. The zero-order valence-corrected chi connectivity index (χ0v) is 11.3. The maximum absolute atomic E-state index is 10.8. The normalized spacial score (nSPS) is 17.8. The third-order valence-corrected chi connectivity index (χ3v) is 3.30. The number of carbonyl (C=O) groups is 1. The molecule has 0 saturated heterocycles. The SMILES string of the molecule is CC(=O)Nc1nc2c(s1)C[C@@H](N)CC2.Cl.Cl. The zero-order chi connectivity index (χ0) is 10.1. The Morgan fingerprint density at radius 2 is 2.25 bits per heavy atom. The van der Waals surface area contributed by atoms with Gasteiger partial charge in [-0.1, -0.05) is 0 Å². The van der Waals surface area contributed by atoms with Crippen LogP contribution in [0, 0.1) is 0 Å². The van der Waals surface area contributed by atoms with Crippen LogP contribution in [0.1, 0.15) is 23.9 Å². The molecule has 0 aliphatic heterocycles. The van der Waals surface area contributed by atoms with E-state index in [1.807, 2.05) is 0 Å². The van der Waals surface area contributed by atoms with E-state index in [-0.39, 0.29) is 36.8 Å². The Kier molecular flexibility index (Phi) is 6.25. The number of hydrogen-bond acceptors (Lipinski definition) is 4. The molecule has 0 radical (unpaired) electrons. The van der Waals surface area contributed by atoms with Crippen LogP contribution >= 0.6 is 36.2 Å². The number of rotatable bonds is 1. The number of hydrogen-bond donors (Lipinski definition) is 2. The van der Waals surface area contributed by atoms with Gasteiger partial charge < -0.3 is 11.1 Å². The van der Waals surface area contributed by atoms with Gasteiger partial charge in [0.2, 0.25) is 5.91 Å². The van der Waals surface area contributed by atoms with E-state index in [4.69, 9.17) is 5.73 Å². The molecule has 4 nitrogen and oxygen atoms in total. The van der Waals surface area contributed by atoms with Crippen molar-refractivity contribution in [3.63, 3.8) is 0 Å². The Balaban J connectivity index is 0.00000112. The zero-order valence-electron chi connectivity index (χ0n) is 8.86. The summed E-state index contributed by atoms with van der Waals surface area (Å²) in [6.07, 6.45) is 2.83. The molecule has 0 bridgehead atoms. The highest BCUT2D eigenvalue weighted by Gasteiger charge is 2.20. The molecule has 1 aliphatic rings. The van der Waals surface area contributed by atoms with Crippen molar-refractivity contribution < 1.29 is 4.79 Å². The summed E-state index contributed by atoms with van der Waals surface area (Å²) in [5.41, 5.74) is 6.96. The molecule has 1 aromatic rings. The van der Waals surface area contributed by atoms with Gasteiger partial charge in [0.15, 0.2) is 5.13 Å². The van der Waals surface area contributed by atoms with Gasteiger partial charge in [0.1, 0.15) is 0 Å². The lowest BCUT2D eigenvalue weighted by Gasteiger charge is -2.15. The third kappa shape index (κ3) is 3.59. The topological polar surface area (TPSA) is 68.0 Å². The van der Waals surface area contributed by atoms with E-state index in [9.17, 15) is 4.79 Å². The van der Waals surface area contributed by atoms with Crippen molar-refractivity contribution in [1.82, 2.24) is 4.98 Å². The molecule has 1 aromatic heterocycles. The molecule has 0 aromatic carbocycles. The Morgan fingerprint density at radius 3 is 2.88 bits per heavy atom. The molecule has 16 heavy (non-hydrogen) atoms. The summed E-state index contributed by atoms with van der Waals surface area (Å²) >= 11 is 1.54. The number of amides is 1. The Hall–Kier alpha value is -0.360. The molecule has 92 valence electrons. The quantitative estimate of drug-likeness (QED) is 0.825. The minimum Gasteiger partial charge on any atom is -0.327 e. The van der Waals surface area contributed by atoms with Crippen molar-refractivity contribution in [3.8, 4) is 0 Å². The fourth-order valence-corrected chi connectivity index (χ4v) is 2.75. The number of fused-ring (bicyclic) bond motifs is 1. The smallest absolute Gasteiger partial charge is 0.223 e. The van der Waals surface area contributed by atoms with Gasteiger partial charge >= 0.3 is 0 Å². The van der Waals surface area contributed by atoms with Gasteiger partial charge in [0.05, 0.1) is 5.69 Å². The number of nitrogens with zero attached hydrogens (tertiary/aromatic N) is 1. The van der Waals surface area contributed by atoms with Crippen LogP contribution in [0.25, 0.3) is 0 Å². The predicted octanol–water partition coefficient (Wildman–Crippen LogP) is 1.76. The molecule has 1 heterocycles. The van der Waals surface area contributed by atoms with Gasteiger partial charge in [0.25, 0.3) is 0 Å². The van der Waals surface area contributed by atoms with E-state index in [1.165, 1.54) is 11.8 Å². The fraction of sp³-hybridized carbons (Fsp3) is 0.556. The summed E-state index contributed by atoms with van der Waals surface area (Å²) < 4.78 is 0. The van der Waals surface area contributed by atoms with Gasteiger partial charge in [0, 0.05) is 17.8 Å². The second-order valence-electron chi connectivity index (χ2n) is 3.57. The summed E-state index contributed by atoms with van der Waals surface area (Å²) in [4.78, 5) is 16.4. The van der Waals surface area contributed by atoms with E-state index < -0.39 is 0 Å². The number of thiazole rings is 1. The number of halogens is 2. The summed E-state index contributed by atoms with van der Waals surface area (Å²) in [6, 6.07) is 0.258. The van der Waals surface area contributed by atoms with Crippen molar-refractivity contribution >= 4 is 47.2 Å². The van der Waals surface area contributed by atoms with Crippen LogP contribution in [-0.4, -0.2) is 16.9 Å². The Bertz CT molecular complexity index is 370. The van der Waals surface area contributed by atoms with E-state index >= 15 is 0 Å². The van der Waals surface area contributed by atoms with Gasteiger partial charge in [-0.2, -0.15) is 0 Å². The van der Waals surface area contributed by atoms with Gasteiger partial charge in [-0.05, 0) is 19.3 Å². The number of anilines is 1. The molecule has 1 atom stereocenters. The first kappa shape index (κ1) is 15.6. The molecule has 3 N–H and O–H groups in total. The molecule has 1 amide bonds. The lowest BCUT2D eigenvalue weighted by atomic mass is 9.99. The van der Waals surface area contributed by atoms with Crippen LogP contribution in [0.5, 0.6) is 0 Å². The van der Waals surface area contributed by atoms with Crippen molar-refractivity contribution in [1.29, 1.82) is 0 Å². The largest absolute Gasteiger partial charge is 0.327 e. The first-order chi connectivity index (χ1) is 6.65. The molecule has 0 fully saturated rings. The first-order valence-corrected chi connectivity index (χ1v) is 5.48. The average Bonchev–Trinajstić information content (AvgIpc) is 2.44. The van der Waals surface area contributed by atoms with Crippen molar-refractivity contribution in [2.45, 2.75) is 32.2 Å². The molecule has 7 heteroatoms. The first-order valence-electron chi connectivity index (χ1n) is 4.67. The summed E-state index contributed by atoms with van der Waals surface area (Å²) in [5, 5.41) is 3.41. The number of aryl methyl sites for hydroxylation is 1. The Labute approximate surface area is 111 Å². The molecular formula is C9H15Cl2N3OS. The van der Waals surface area contributed by atoms with Crippen LogP contribution in [0.4, 0.5) is 5.13 Å². The summed E-state index contributed by atoms with van der Waals surface area (Å²) in [5.74, 6) is -0.0691. The van der Waals surface area contributed by atoms with Crippen molar-refractivity contribution in [2.24, 2.45) is 5.73 Å². The lowest BCUT2D eigenvalue weighted by Crippen LogP contribution is -2.26. The number of nitrogens with one attached hydrogen (secondary N) is 1. The maximum Gasteiger partial charge on any atom is 0.223 e. The van der Waals surface area contributed by atoms with E-state index in [0.717, 1.165) is 25.0 Å². The van der Waals surface area contributed by atoms with E-state index in [0.29, 0.717) is 5.13 Å². The third-order valence-electron chi connectivity index (χ3n) is 2.26. The van der Waals surface area contributed by atoms with Crippen LogP contribution in [-0.2, 0) is 17.6 Å². The van der Waals surface area contributed by atoms with Gasteiger partial charge in [-0.3, -0.25) is 4.79 Å². The van der Waals surface area contributed by atoms with Crippen LogP contribution in [0.15, 0.2) is 0 Å². The van der Waals surface area contributed by atoms with Crippen LogP contribution in [0.3, 0.4) is 0 Å². The number of aromatic nitrogens is 1. The van der Waals surface area contributed by atoms with Crippen LogP contribution < -0.4 is 11.1 Å². The van der Waals surface area contributed by atoms with Crippen molar-refractivity contribution in [2.75, 3.05) is 5.32 Å². The van der Waals surface area contributed by atoms with Crippen LogP contribution in [0.2, 0.25) is 0 Å². The monoisotopic (exact) mass is 283 g/mol. The van der Waals surface area contributed by atoms with Gasteiger partial charge in [-0.15, -0.1) is 36.2 Å². The molecule has 2 rings (SSSR count). The fourth-order valence-electron chi connectivity index (χ4n) is 1.60. The maximum atomic E-state index is 10.8.